The molecule has 19 heavy (non-hydrogen) atoms. The molecular weight excluding hydrogens is 299 g/mol. The lowest BCUT2D eigenvalue weighted by Crippen LogP contribution is -2.17. The molecule has 1 heterocycles. The van der Waals surface area contributed by atoms with Gasteiger partial charge < -0.3 is 9.55 Å². The molecule has 1 aliphatic carbocycles. The van der Waals surface area contributed by atoms with Gasteiger partial charge in [0, 0.05) is 6.54 Å². The van der Waals surface area contributed by atoms with Gasteiger partial charge in [-0.2, -0.15) is 0 Å². The largest absolute Gasteiger partial charge is 0.331 e. The van der Waals surface area contributed by atoms with Gasteiger partial charge in [-0.05, 0) is 48.5 Å². The van der Waals surface area contributed by atoms with Gasteiger partial charge in [0.2, 0.25) is 0 Å². The molecule has 1 aromatic carbocycles. The van der Waals surface area contributed by atoms with Crippen LogP contribution in [0.5, 0.6) is 0 Å². The molecule has 0 bridgehead atoms. The van der Waals surface area contributed by atoms with E-state index in [4.69, 9.17) is 35.4 Å². The second-order valence-corrected chi connectivity index (χ2v) is 7.02. The van der Waals surface area contributed by atoms with Gasteiger partial charge in [0.1, 0.15) is 0 Å². The van der Waals surface area contributed by atoms with Crippen molar-refractivity contribution >= 4 is 46.5 Å². The molecule has 5 heteroatoms. The summed E-state index contributed by atoms with van der Waals surface area (Å²) in [4.78, 5) is 3.22. The van der Waals surface area contributed by atoms with E-state index in [2.05, 4.69) is 23.4 Å². The number of hydrogen-bond donors (Lipinski definition) is 1. The number of nitrogens with one attached hydrogen (secondary N) is 1. The molecule has 0 saturated heterocycles. The van der Waals surface area contributed by atoms with Crippen molar-refractivity contribution < 1.29 is 0 Å². The van der Waals surface area contributed by atoms with E-state index in [1.54, 1.807) is 0 Å². The molecule has 102 valence electrons. The normalized spacial score (nSPS) is 17.3. The van der Waals surface area contributed by atoms with Crippen LogP contribution in [0, 0.1) is 16.1 Å². The van der Waals surface area contributed by atoms with E-state index in [0.717, 1.165) is 22.3 Å². The van der Waals surface area contributed by atoms with E-state index in [-0.39, 0.29) is 0 Å². The molecule has 1 aromatic heterocycles. The number of rotatable bonds is 3. The van der Waals surface area contributed by atoms with Crippen molar-refractivity contribution in [3.8, 4) is 0 Å². The first kappa shape index (κ1) is 13.5. The minimum atomic E-state index is 0.402. The van der Waals surface area contributed by atoms with Crippen molar-refractivity contribution in [2.75, 3.05) is 0 Å². The fourth-order valence-corrected chi connectivity index (χ4v) is 3.30. The fourth-order valence-electron chi connectivity index (χ4n) is 2.70. The zero-order valence-electron chi connectivity index (χ0n) is 11.0. The standard InChI is InChI=1S/C14H16Cl2N2S/c1-8(2)14(3-4-14)7-18-12-6-10(16)9(15)5-11(12)17-13(18)19/h5-6,8H,3-4,7H2,1-2H3,(H,17,19). The summed E-state index contributed by atoms with van der Waals surface area (Å²) in [6.07, 6.45) is 2.56. The summed E-state index contributed by atoms with van der Waals surface area (Å²) in [5.41, 5.74) is 2.41. The molecule has 1 N–H and O–H groups in total. The third-order valence-electron chi connectivity index (χ3n) is 4.41. The smallest absolute Gasteiger partial charge is 0.178 e. The number of aromatic nitrogens is 2. The van der Waals surface area contributed by atoms with E-state index in [1.807, 2.05) is 12.1 Å². The van der Waals surface area contributed by atoms with Gasteiger partial charge in [-0.3, -0.25) is 0 Å². The van der Waals surface area contributed by atoms with Gasteiger partial charge in [0.05, 0.1) is 21.1 Å². The summed E-state index contributed by atoms with van der Waals surface area (Å²) >= 11 is 17.6. The van der Waals surface area contributed by atoms with Gasteiger partial charge in [0.25, 0.3) is 0 Å². The van der Waals surface area contributed by atoms with Crippen molar-refractivity contribution in [1.82, 2.24) is 9.55 Å². The highest BCUT2D eigenvalue weighted by molar-refractivity contribution is 7.71. The SMILES string of the molecule is CC(C)C1(Cn2c(=S)[nH]c3cc(Cl)c(Cl)cc32)CC1. The van der Waals surface area contributed by atoms with E-state index in [1.165, 1.54) is 12.8 Å². The van der Waals surface area contributed by atoms with Gasteiger partial charge in [0.15, 0.2) is 4.77 Å². The lowest BCUT2D eigenvalue weighted by Gasteiger charge is -2.20. The minimum absolute atomic E-state index is 0.402. The van der Waals surface area contributed by atoms with Gasteiger partial charge in [-0.25, -0.2) is 0 Å². The average molecular weight is 315 g/mol. The molecule has 0 unspecified atom stereocenters. The van der Waals surface area contributed by atoms with Crippen LogP contribution in [0.2, 0.25) is 10.0 Å². The Hall–Kier alpha value is -0.510. The monoisotopic (exact) mass is 314 g/mol. The third kappa shape index (κ3) is 2.22. The topological polar surface area (TPSA) is 20.7 Å². The summed E-state index contributed by atoms with van der Waals surface area (Å²) in [5, 5.41) is 1.13. The first-order chi connectivity index (χ1) is 8.93. The summed E-state index contributed by atoms with van der Waals surface area (Å²) in [6.45, 7) is 5.53. The van der Waals surface area contributed by atoms with Crippen LogP contribution >= 0.6 is 35.4 Å². The van der Waals surface area contributed by atoms with Crippen LogP contribution in [-0.4, -0.2) is 9.55 Å². The van der Waals surface area contributed by atoms with Gasteiger partial charge >= 0.3 is 0 Å². The first-order valence-corrected chi connectivity index (χ1v) is 7.67. The van der Waals surface area contributed by atoms with Gasteiger partial charge in [-0.15, -0.1) is 0 Å². The predicted octanol–water partition coefficient (Wildman–Crippen LogP) is 5.44. The Balaban J connectivity index is 2.11. The number of H-pyrrole nitrogens is 1. The van der Waals surface area contributed by atoms with Crippen molar-refractivity contribution in [2.45, 2.75) is 33.2 Å². The Labute approximate surface area is 127 Å². The van der Waals surface area contributed by atoms with Crippen molar-refractivity contribution in [2.24, 2.45) is 11.3 Å². The van der Waals surface area contributed by atoms with Crippen LogP contribution < -0.4 is 0 Å². The predicted molar refractivity (Wildman–Crippen MR) is 83.6 cm³/mol. The van der Waals surface area contributed by atoms with Crippen LogP contribution in [0.15, 0.2) is 12.1 Å². The Morgan fingerprint density at radius 2 is 1.95 bits per heavy atom. The van der Waals surface area contributed by atoms with Crippen LogP contribution in [0.3, 0.4) is 0 Å². The molecule has 0 radical (unpaired) electrons. The fraction of sp³-hybridized carbons (Fsp3) is 0.500. The molecule has 0 amide bonds. The third-order valence-corrected chi connectivity index (χ3v) is 5.45. The lowest BCUT2D eigenvalue weighted by atomic mass is 9.92. The zero-order valence-corrected chi connectivity index (χ0v) is 13.3. The second kappa shape index (κ2) is 4.51. The Bertz CT molecular complexity index is 695. The molecule has 2 nitrogen and oxygen atoms in total. The van der Waals surface area contributed by atoms with E-state index >= 15 is 0 Å². The molecular formula is C14H16Cl2N2S. The first-order valence-electron chi connectivity index (χ1n) is 6.50. The summed E-state index contributed by atoms with van der Waals surface area (Å²) in [7, 11) is 0. The van der Waals surface area contributed by atoms with E-state index in [9.17, 15) is 0 Å². The molecule has 1 saturated carbocycles. The quantitative estimate of drug-likeness (QED) is 0.748. The number of imidazole rings is 1. The number of aromatic amines is 1. The maximum atomic E-state index is 6.13. The maximum absolute atomic E-state index is 6.13. The summed E-state index contributed by atoms with van der Waals surface area (Å²) in [6, 6.07) is 3.75. The molecule has 0 spiro atoms. The highest BCUT2D eigenvalue weighted by Gasteiger charge is 2.45. The van der Waals surface area contributed by atoms with Gasteiger partial charge in [-0.1, -0.05) is 37.0 Å². The molecule has 2 aromatic rings. The highest BCUT2D eigenvalue weighted by atomic mass is 35.5. The van der Waals surface area contributed by atoms with E-state index in [0.29, 0.717) is 21.4 Å². The Morgan fingerprint density at radius 3 is 2.53 bits per heavy atom. The summed E-state index contributed by atoms with van der Waals surface area (Å²) < 4.78 is 2.92. The van der Waals surface area contributed by atoms with Crippen molar-refractivity contribution in [3.63, 3.8) is 0 Å². The van der Waals surface area contributed by atoms with Crippen molar-refractivity contribution in [3.05, 3.63) is 26.9 Å². The van der Waals surface area contributed by atoms with Crippen LogP contribution in [0.4, 0.5) is 0 Å². The minimum Gasteiger partial charge on any atom is -0.331 e. The van der Waals surface area contributed by atoms with Crippen molar-refractivity contribution in [1.29, 1.82) is 0 Å². The molecule has 0 atom stereocenters. The number of hydrogen-bond acceptors (Lipinski definition) is 1. The van der Waals surface area contributed by atoms with Crippen LogP contribution in [0.1, 0.15) is 26.7 Å². The highest BCUT2D eigenvalue weighted by Crippen LogP contribution is 2.53. The summed E-state index contributed by atoms with van der Waals surface area (Å²) in [5.74, 6) is 0.669. The molecule has 1 fully saturated rings. The lowest BCUT2D eigenvalue weighted by molar-refractivity contribution is 0.311. The number of fused-ring (bicyclic) bond motifs is 1. The molecule has 3 rings (SSSR count). The van der Waals surface area contributed by atoms with E-state index < -0.39 is 0 Å². The average Bonchev–Trinajstić information content (AvgIpc) is 3.06. The second-order valence-electron chi connectivity index (χ2n) is 5.82. The molecule has 0 aliphatic heterocycles. The Kier molecular flexibility index (Phi) is 3.19. The Morgan fingerprint density at radius 1 is 1.32 bits per heavy atom. The number of benzene rings is 1. The number of nitrogens with zero attached hydrogens (tertiary/aromatic N) is 1. The zero-order chi connectivity index (χ0) is 13.8. The maximum Gasteiger partial charge on any atom is 0.178 e. The molecule has 1 aliphatic rings. The number of halogens is 2. The van der Waals surface area contributed by atoms with Crippen LogP contribution in [-0.2, 0) is 6.54 Å². The van der Waals surface area contributed by atoms with Crippen LogP contribution in [0.25, 0.3) is 11.0 Å².